The highest BCUT2D eigenvalue weighted by Gasteiger charge is 2.23. The van der Waals surface area contributed by atoms with Crippen LogP contribution in [0, 0.1) is 0 Å². The van der Waals surface area contributed by atoms with Crippen molar-refractivity contribution in [3.63, 3.8) is 0 Å². The van der Waals surface area contributed by atoms with Crippen molar-refractivity contribution in [1.82, 2.24) is 19.7 Å². The molecule has 0 atom stereocenters. The van der Waals surface area contributed by atoms with Crippen LogP contribution in [0.2, 0.25) is 5.02 Å². The van der Waals surface area contributed by atoms with Crippen LogP contribution in [0.4, 0.5) is 0 Å². The summed E-state index contributed by atoms with van der Waals surface area (Å²) in [5, 5.41) is 6.62. The predicted octanol–water partition coefficient (Wildman–Crippen LogP) is 5.44. The van der Waals surface area contributed by atoms with Crippen molar-refractivity contribution in [1.29, 1.82) is 0 Å². The van der Waals surface area contributed by atoms with E-state index in [1.54, 1.807) is 7.11 Å². The number of aromatic amines is 1. The van der Waals surface area contributed by atoms with E-state index < -0.39 is 0 Å². The Hall–Kier alpha value is -2.76. The lowest BCUT2D eigenvalue weighted by Gasteiger charge is -2.31. The summed E-state index contributed by atoms with van der Waals surface area (Å²) >= 11 is 6.23. The molecule has 2 aromatic heterocycles. The fraction of sp³-hybridized carbons (Fsp3) is 0.320. The fourth-order valence-electron chi connectivity index (χ4n) is 4.65. The van der Waals surface area contributed by atoms with Crippen molar-refractivity contribution < 1.29 is 4.74 Å². The van der Waals surface area contributed by atoms with Gasteiger partial charge >= 0.3 is 0 Å². The number of hydrogen-bond acceptors (Lipinski definition) is 3. The molecule has 1 fully saturated rings. The summed E-state index contributed by atoms with van der Waals surface area (Å²) in [6, 6.07) is 14.1. The van der Waals surface area contributed by atoms with Crippen molar-refractivity contribution in [3.05, 3.63) is 77.2 Å². The zero-order chi connectivity index (χ0) is 21.2. The number of methoxy groups -OCH3 is 1. The summed E-state index contributed by atoms with van der Waals surface area (Å²) in [5.41, 5.74) is 4.80. The monoisotopic (exact) mass is 434 g/mol. The van der Waals surface area contributed by atoms with Crippen LogP contribution in [0.3, 0.4) is 0 Å². The minimum absolute atomic E-state index is 0.594. The summed E-state index contributed by atoms with van der Waals surface area (Å²) in [4.78, 5) is 5.97. The van der Waals surface area contributed by atoms with Gasteiger partial charge in [-0.1, -0.05) is 23.7 Å². The van der Waals surface area contributed by atoms with E-state index in [9.17, 15) is 0 Å². The molecule has 31 heavy (non-hydrogen) atoms. The predicted molar refractivity (Wildman–Crippen MR) is 126 cm³/mol. The first-order chi connectivity index (χ1) is 15.2. The first-order valence-corrected chi connectivity index (χ1v) is 11.2. The molecule has 0 unspecified atom stereocenters. The van der Waals surface area contributed by atoms with Crippen LogP contribution in [-0.2, 0) is 6.42 Å². The minimum Gasteiger partial charge on any atom is -0.494 e. The highest BCUT2D eigenvalue weighted by Crippen LogP contribution is 2.34. The molecule has 0 bridgehead atoms. The van der Waals surface area contributed by atoms with E-state index in [0.717, 1.165) is 42.5 Å². The van der Waals surface area contributed by atoms with E-state index in [1.807, 2.05) is 41.2 Å². The Labute approximate surface area is 187 Å². The third-order valence-electron chi connectivity index (χ3n) is 6.39. The standard InChI is InChI=1S/C25H27ClN4O/c1-31-25-5-3-2-4-24(25)30-17-18(15-28-30)8-11-29-12-9-19(10-13-29)22-16-27-23-7-6-20(26)14-21(22)23/h2-7,14-17,19,27H,8-13H2,1H3. The molecular weight excluding hydrogens is 408 g/mol. The van der Waals surface area contributed by atoms with Gasteiger partial charge in [0.25, 0.3) is 0 Å². The van der Waals surface area contributed by atoms with Crippen molar-refractivity contribution in [2.75, 3.05) is 26.7 Å². The summed E-state index contributed by atoms with van der Waals surface area (Å²) in [7, 11) is 1.69. The van der Waals surface area contributed by atoms with E-state index in [-0.39, 0.29) is 0 Å². The normalized spacial score (nSPS) is 15.5. The third-order valence-corrected chi connectivity index (χ3v) is 6.62. The van der Waals surface area contributed by atoms with Crippen molar-refractivity contribution in [2.45, 2.75) is 25.2 Å². The molecule has 2 aromatic carbocycles. The van der Waals surface area contributed by atoms with Crippen LogP contribution in [0.5, 0.6) is 5.75 Å². The Morgan fingerprint density at radius 1 is 1.16 bits per heavy atom. The second kappa shape index (κ2) is 8.77. The molecule has 1 aliphatic heterocycles. The second-order valence-corrected chi connectivity index (χ2v) is 8.70. The van der Waals surface area contributed by atoms with Crippen molar-refractivity contribution in [3.8, 4) is 11.4 Å². The molecule has 1 aliphatic rings. The number of fused-ring (bicyclic) bond motifs is 1. The molecule has 5 rings (SSSR count). The zero-order valence-electron chi connectivity index (χ0n) is 17.7. The quantitative estimate of drug-likeness (QED) is 0.439. The molecule has 4 aromatic rings. The molecule has 0 spiro atoms. The number of halogens is 1. The number of aromatic nitrogens is 3. The Bertz CT molecular complexity index is 1170. The van der Waals surface area contributed by atoms with Crippen molar-refractivity contribution in [2.24, 2.45) is 0 Å². The Kier molecular flexibility index (Phi) is 5.70. The maximum atomic E-state index is 6.23. The van der Waals surface area contributed by atoms with Crippen LogP contribution < -0.4 is 4.74 Å². The number of nitrogens with one attached hydrogen (secondary N) is 1. The highest BCUT2D eigenvalue weighted by molar-refractivity contribution is 6.31. The molecule has 0 radical (unpaired) electrons. The van der Waals surface area contributed by atoms with E-state index in [2.05, 4.69) is 39.5 Å². The van der Waals surface area contributed by atoms with Gasteiger partial charge in [-0.2, -0.15) is 5.10 Å². The van der Waals surface area contributed by atoms with Crippen LogP contribution in [-0.4, -0.2) is 46.4 Å². The lowest BCUT2D eigenvalue weighted by atomic mass is 9.89. The molecule has 5 nitrogen and oxygen atoms in total. The van der Waals surface area contributed by atoms with E-state index >= 15 is 0 Å². The molecule has 1 N–H and O–H groups in total. The third kappa shape index (κ3) is 4.21. The van der Waals surface area contributed by atoms with Gasteiger partial charge in [0.2, 0.25) is 0 Å². The topological polar surface area (TPSA) is 46.1 Å². The number of ether oxygens (including phenoxy) is 1. The second-order valence-electron chi connectivity index (χ2n) is 8.26. The number of likely N-dealkylation sites (tertiary alicyclic amines) is 1. The van der Waals surface area contributed by atoms with Crippen LogP contribution in [0.15, 0.2) is 61.1 Å². The number of piperidine rings is 1. The van der Waals surface area contributed by atoms with Gasteiger partial charge in [0.15, 0.2) is 0 Å². The van der Waals surface area contributed by atoms with Gasteiger partial charge in [0.1, 0.15) is 11.4 Å². The fourth-order valence-corrected chi connectivity index (χ4v) is 4.82. The molecule has 3 heterocycles. The zero-order valence-corrected chi connectivity index (χ0v) is 18.5. The maximum absolute atomic E-state index is 6.23. The largest absolute Gasteiger partial charge is 0.494 e. The van der Waals surface area contributed by atoms with Crippen LogP contribution in [0.25, 0.3) is 16.6 Å². The van der Waals surface area contributed by atoms with Gasteiger partial charge in [0, 0.05) is 34.9 Å². The Morgan fingerprint density at radius 3 is 2.84 bits per heavy atom. The molecule has 0 amide bonds. The number of nitrogens with zero attached hydrogens (tertiary/aromatic N) is 3. The van der Waals surface area contributed by atoms with Crippen LogP contribution in [0.1, 0.15) is 29.9 Å². The van der Waals surface area contributed by atoms with Gasteiger partial charge in [-0.05, 0) is 79.7 Å². The van der Waals surface area contributed by atoms with Gasteiger partial charge < -0.3 is 14.6 Å². The number of H-pyrrole nitrogens is 1. The summed E-state index contributed by atoms with van der Waals surface area (Å²) in [6.45, 7) is 3.31. The summed E-state index contributed by atoms with van der Waals surface area (Å²) in [5.74, 6) is 1.43. The molecule has 0 saturated carbocycles. The maximum Gasteiger partial charge on any atom is 0.144 e. The lowest BCUT2D eigenvalue weighted by Crippen LogP contribution is -2.34. The highest BCUT2D eigenvalue weighted by atomic mass is 35.5. The Morgan fingerprint density at radius 2 is 2.00 bits per heavy atom. The minimum atomic E-state index is 0.594. The van der Waals surface area contributed by atoms with Crippen LogP contribution >= 0.6 is 11.6 Å². The Balaban J connectivity index is 1.18. The van der Waals surface area contributed by atoms with Crippen molar-refractivity contribution >= 4 is 22.5 Å². The average molecular weight is 435 g/mol. The first kappa shape index (κ1) is 20.2. The smallest absolute Gasteiger partial charge is 0.144 e. The number of benzene rings is 2. The molecule has 160 valence electrons. The van der Waals surface area contributed by atoms with E-state index in [1.165, 1.54) is 34.9 Å². The van der Waals surface area contributed by atoms with E-state index in [4.69, 9.17) is 16.3 Å². The number of hydrogen-bond donors (Lipinski definition) is 1. The number of rotatable bonds is 6. The summed E-state index contributed by atoms with van der Waals surface area (Å²) < 4.78 is 7.36. The van der Waals surface area contributed by atoms with E-state index in [0.29, 0.717) is 5.92 Å². The molecule has 0 aliphatic carbocycles. The number of para-hydroxylation sites is 2. The lowest BCUT2D eigenvalue weighted by molar-refractivity contribution is 0.215. The first-order valence-electron chi connectivity index (χ1n) is 10.9. The average Bonchev–Trinajstić information content (AvgIpc) is 3.45. The van der Waals surface area contributed by atoms with Gasteiger partial charge in [0.05, 0.1) is 13.3 Å². The van der Waals surface area contributed by atoms with Gasteiger partial charge in [-0.15, -0.1) is 0 Å². The molecular formula is C25H27ClN4O. The molecule has 1 saturated heterocycles. The SMILES string of the molecule is COc1ccccc1-n1cc(CCN2CCC(c3c[nH]c4ccc(Cl)cc34)CC2)cn1. The molecule has 6 heteroatoms. The van der Waals surface area contributed by atoms with Gasteiger partial charge in [-0.3, -0.25) is 0 Å². The van der Waals surface area contributed by atoms with Gasteiger partial charge in [-0.25, -0.2) is 4.68 Å². The summed E-state index contributed by atoms with van der Waals surface area (Å²) in [6.07, 6.45) is 9.62.